The fraction of sp³-hybridized carbons (Fsp3) is 0.400. The Hall–Kier alpha value is -0.900. The molecule has 0 bridgehead atoms. The van der Waals surface area contributed by atoms with Gasteiger partial charge in [0.25, 0.3) is 0 Å². The van der Waals surface area contributed by atoms with E-state index in [1.54, 1.807) is 19.1 Å². The second kappa shape index (κ2) is 4.55. The first-order valence-electron chi connectivity index (χ1n) is 4.48. The number of rotatable bonds is 4. The van der Waals surface area contributed by atoms with Crippen molar-refractivity contribution >= 4 is 9.84 Å². The highest BCUT2D eigenvalue weighted by molar-refractivity contribution is 7.91. The Bertz CT molecular complexity index is 398. The molecular formula is C10H13FO2S. The van der Waals surface area contributed by atoms with E-state index in [1.165, 1.54) is 12.1 Å². The Balaban J connectivity index is 2.63. The molecule has 1 aromatic carbocycles. The van der Waals surface area contributed by atoms with Crippen molar-refractivity contribution in [2.45, 2.75) is 13.3 Å². The van der Waals surface area contributed by atoms with E-state index >= 15 is 0 Å². The topological polar surface area (TPSA) is 34.1 Å². The van der Waals surface area contributed by atoms with Crippen molar-refractivity contribution in [2.75, 3.05) is 11.5 Å². The van der Waals surface area contributed by atoms with E-state index in [4.69, 9.17) is 0 Å². The molecule has 0 unspecified atom stereocenters. The third-order valence-corrected chi connectivity index (χ3v) is 3.74. The van der Waals surface area contributed by atoms with Gasteiger partial charge in [-0.2, -0.15) is 0 Å². The lowest BCUT2D eigenvalue weighted by Gasteiger charge is -2.01. The van der Waals surface area contributed by atoms with Crippen molar-refractivity contribution < 1.29 is 12.8 Å². The number of aryl methyl sites for hydroxylation is 1. The summed E-state index contributed by atoms with van der Waals surface area (Å²) in [5.74, 6) is -0.0914. The maximum absolute atomic E-state index is 12.7. The molecule has 0 aliphatic heterocycles. The average Bonchev–Trinajstić information content (AvgIpc) is 2.15. The van der Waals surface area contributed by atoms with Gasteiger partial charge in [-0.15, -0.1) is 0 Å². The van der Waals surface area contributed by atoms with Crippen molar-refractivity contribution in [1.82, 2.24) is 0 Å². The number of benzene rings is 1. The molecule has 4 heteroatoms. The number of sulfone groups is 1. The maximum atomic E-state index is 12.7. The minimum absolute atomic E-state index is 0.0902. The van der Waals surface area contributed by atoms with Gasteiger partial charge in [-0.05, 0) is 24.1 Å². The molecule has 0 fully saturated rings. The second-order valence-corrected chi connectivity index (χ2v) is 5.59. The van der Waals surface area contributed by atoms with Crippen molar-refractivity contribution in [3.63, 3.8) is 0 Å². The molecule has 0 saturated carbocycles. The van der Waals surface area contributed by atoms with Crippen LogP contribution >= 0.6 is 0 Å². The monoisotopic (exact) mass is 216 g/mol. The fourth-order valence-corrected chi connectivity index (χ4v) is 1.95. The standard InChI is InChI=1S/C10H13FO2S/c1-2-14(12,13)7-6-9-4-3-5-10(11)8-9/h3-5,8H,2,6-7H2,1H3. The van der Waals surface area contributed by atoms with Crippen LogP contribution in [-0.2, 0) is 16.3 Å². The number of hydrogen-bond donors (Lipinski definition) is 0. The van der Waals surface area contributed by atoms with Crippen LogP contribution in [-0.4, -0.2) is 19.9 Å². The third kappa shape index (κ3) is 3.46. The van der Waals surface area contributed by atoms with Gasteiger partial charge in [-0.3, -0.25) is 0 Å². The van der Waals surface area contributed by atoms with Crippen molar-refractivity contribution in [1.29, 1.82) is 0 Å². The van der Waals surface area contributed by atoms with Gasteiger partial charge in [0.15, 0.2) is 0 Å². The summed E-state index contributed by atoms with van der Waals surface area (Å²) in [5.41, 5.74) is 0.724. The van der Waals surface area contributed by atoms with E-state index in [0.29, 0.717) is 6.42 Å². The first-order valence-corrected chi connectivity index (χ1v) is 6.30. The minimum Gasteiger partial charge on any atom is -0.229 e. The van der Waals surface area contributed by atoms with Crippen LogP contribution in [0, 0.1) is 5.82 Å². The zero-order valence-corrected chi connectivity index (χ0v) is 8.85. The highest BCUT2D eigenvalue weighted by Crippen LogP contribution is 2.05. The Morgan fingerprint density at radius 3 is 2.64 bits per heavy atom. The van der Waals surface area contributed by atoms with Gasteiger partial charge in [-0.25, -0.2) is 12.8 Å². The lowest BCUT2D eigenvalue weighted by molar-refractivity contribution is 0.596. The van der Waals surface area contributed by atoms with Crippen molar-refractivity contribution in [2.24, 2.45) is 0 Å². The summed E-state index contributed by atoms with van der Waals surface area (Å²) in [6.45, 7) is 1.61. The molecule has 0 saturated heterocycles. The summed E-state index contributed by atoms with van der Waals surface area (Å²) in [6.07, 6.45) is 0.383. The summed E-state index contributed by atoms with van der Waals surface area (Å²) in [4.78, 5) is 0. The van der Waals surface area contributed by atoms with Gasteiger partial charge >= 0.3 is 0 Å². The van der Waals surface area contributed by atoms with Gasteiger partial charge < -0.3 is 0 Å². The van der Waals surface area contributed by atoms with Crippen LogP contribution in [0.25, 0.3) is 0 Å². The van der Waals surface area contributed by atoms with Gasteiger partial charge in [0.2, 0.25) is 0 Å². The van der Waals surface area contributed by atoms with Gasteiger partial charge in [0, 0.05) is 5.75 Å². The largest absolute Gasteiger partial charge is 0.229 e. The van der Waals surface area contributed by atoms with Gasteiger partial charge in [0.05, 0.1) is 5.75 Å². The predicted molar refractivity (Wildman–Crippen MR) is 54.4 cm³/mol. The van der Waals surface area contributed by atoms with E-state index in [9.17, 15) is 12.8 Å². The molecule has 14 heavy (non-hydrogen) atoms. The van der Waals surface area contributed by atoms with E-state index in [0.717, 1.165) is 5.56 Å². The second-order valence-electron chi connectivity index (χ2n) is 3.12. The highest BCUT2D eigenvalue weighted by Gasteiger charge is 2.07. The molecule has 0 atom stereocenters. The van der Waals surface area contributed by atoms with E-state index in [2.05, 4.69) is 0 Å². The zero-order chi connectivity index (χ0) is 10.6. The Kier molecular flexibility index (Phi) is 3.63. The molecule has 78 valence electrons. The molecular weight excluding hydrogens is 203 g/mol. The number of halogens is 1. The molecule has 0 aromatic heterocycles. The summed E-state index contributed by atoms with van der Waals surface area (Å²) < 4.78 is 35.0. The SMILES string of the molecule is CCS(=O)(=O)CCc1cccc(F)c1. The van der Waals surface area contributed by atoms with Crippen LogP contribution < -0.4 is 0 Å². The number of hydrogen-bond acceptors (Lipinski definition) is 2. The predicted octanol–water partition coefficient (Wildman–Crippen LogP) is 1.80. The van der Waals surface area contributed by atoms with Crippen molar-refractivity contribution in [3.8, 4) is 0 Å². The quantitative estimate of drug-likeness (QED) is 0.769. The Labute approximate surface area is 83.7 Å². The Morgan fingerprint density at radius 2 is 2.07 bits per heavy atom. The molecule has 0 spiro atoms. The van der Waals surface area contributed by atoms with Crippen molar-refractivity contribution in [3.05, 3.63) is 35.6 Å². The van der Waals surface area contributed by atoms with Crippen LogP contribution in [0.3, 0.4) is 0 Å². The third-order valence-electron chi connectivity index (χ3n) is 2.03. The Morgan fingerprint density at radius 1 is 1.36 bits per heavy atom. The van der Waals surface area contributed by atoms with Crippen LogP contribution in [0.4, 0.5) is 4.39 Å². The van der Waals surface area contributed by atoms with E-state index in [-0.39, 0.29) is 17.3 Å². The van der Waals surface area contributed by atoms with Crippen LogP contribution in [0.5, 0.6) is 0 Å². The van der Waals surface area contributed by atoms with Gasteiger partial charge in [-0.1, -0.05) is 19.1 Å². The average molecular weight is 216 g/mol. The molecule has 1 rings (SSSR count). The van der Waals surface area contributed by atoms with Crippen LogP contribution in [0.2, 0.25) is 0 Å². The first-order chi connectivity index (χ1) is 6.53. The lowest BCUT2D eigenvalue weighted by atomic mass is 10.2. The molecule has 0 heterocycles. The zero-order valence-electron chi connectivity index (χ0n) is 8.03. The summed E-state index contributed by atoms with van der Waals surface area (Å²) in [5, 5.41) is 0. The molecule has 0 radical (unpaired) electrons. The van der Waals surface area contributed by atoms with E-state index in [1.807, 2.05) is 0 Å². The lowest BCUT2D eigenvalue weighted by Crippen LogP contribution is -2.10. The fourth-order valence-electron chi connectivity index (χ4n) is 1.11. The molecule has 0 aliphatic carbocycles. The van der Waals surface area contributed by atoms with Crippen LogP contribution in [0.15, 0.2) is 24.3 Å². The van der Waals surface area contributed by atoms with E-state index < -0.39 is 9.84 Å². The minimum atomic E-state index is -2.95. The maximum Gasteiger partial charge on any atom is 0.150 e. The molecule has 2 nitrogen and oxygen atoms in total. The summed E-state index contributed by atoms with van der Waals surface area (Å²) in [7, 11) is -2.95. The summed E-state index contributed by atoms with van der Waals surface area (Å²) >= 11 is 0. The molecule has 0 aliphatic rings. The van der Waals surface area contributed by atoms with Crippen LogP contribution in [0.1, 0.15) is 12.5 Å². The normalized spacial score (nSPS) is 11.6. The summed E-state index contributed by atoms with van der Waals surface area (Å²) in [6, 6.07) is 6.03. The molecule has 0 amide bonds. The first kappa shape index (κ1) is 11.2. The molecule has 0 N–H and O–H groups in total. The smallest absolute Gasteiger partial charge is 0.150 e. The molecule has 1 aromatic rings. The van der Waals surface area contributed by atoms with Gasteiger partial charge in [0.1, 0.15) is 15.7 Å². The highest BCUT2D eigenvalue weighted by atomic mass is 32.2.